The van der Waals surface area contributed by atoms with Gasteiger partial charge < -0.3 is 15.4 Å². The molecule has 4 nitrogen and oxygen atoms in total. The molecule has 1 heterocycles. The van der Waals surface area contributed by atoms with Crippen LogP contribution in [0, 0.1) is 11.8 Å². The van der Waals surface area contributed by atoms with Crippen LogP contribution in [0.4, 0.5) is 0 Å². The van der Waals surface area contributed by atoms with Gasteiger partial charge in [-0.25, -0.2) is 0 Å². The number of rotatable bonds is 4. The zero-order chi connectivity index (χ0) is 15.7. The summed E-state index contributed by atoms with van der Waals surface area (Å²) in [7, 11) is 1.67. The number of carbonyl (C=O) groups is 1. The molecule has 1 aromatic carbocycles. The van der Waals surface area contributed by atoms with Crippen molar-refractivity contribution < 1.29 is 9.53 Å². The lowest BCUT2D eigenvalue weighted by atomic mass is 9.97. The summed E-state index contributed by atoms with van der Waals surface area (Å²) in [5.41, 5.74) is 7.31. The van der Waals surface area contributed by atoms with Crippen LogP contribution in [0.3, 0.4) is 0 Å². The van der Waals surface area contributed by atoms with Crippen LogP contribution >= 0.6 is 12.4 Å². The molecule has 2 fully saturated rings. The molecule has 23 heavy (non-hydrogen) atoms. The molecule has 2 aliphatic rings. The first-order valence-corrected chi connectivity index (χ1v) is 8.25. The molecule has 0 aromatic heterocycles. The van der Waals surface area contributed by atoms with Gasteiger partial charge in [-0.15, -0.1) is 12.4 Å². The molecule has 2 N–H and O–H groups in total. The largest absolute Gasteiger partial charge is 0.497 e. The number of fused-ring (bicyclic) bond motifs is 1. The van der Waals surface area contributed by atoms with E-state index in [1.165, 1.54) is 6.42 Å². The lowest BCUT2D eigenvalue weighted by Crippen LogP contribution is -2.33. The topological polar surface area (TPSA) is 55.6 Å². The lowest BCUT2D eigenvalue weighted by Gasteiger charge is -2.21. The number of methoxy groups -OCH3 is 1. The highest BCUT2D eigenvalue weighted by atomic mass is 35.5. The van der Waals surface area contributed by atoms with Crippen molar-refractivity contribution in [2.24, 2.45) is 17.6 Å². The average molecular weight is 339 g/mol. The number of ether oxygens (including phenoxy) is 1. The van der Waals surface area contributed by atoms with Crippen molar-refractivity contribution in [1.82, 2.24) is 4.90 Å². The van der Waals surface area contributed by atoms with Crippen molar-refractivity contribution in [3.05, 3.63) is 29.8 Å². The molecule has 5 heteroatoms. The third kappa shape index (κ3) is 3.81. The number of halogens is 1. The van der Waals surface area contributed by atoms with Crippen LogP contribution in [0.25, 0.3) is 0 Å². The highest BCUT2D eigenvalue weighted by molar-refractivity contribution is 5.85. The number of nitrogens with two attached hydrogens (primary N) is 1. The number of hydrogen-bond donors (Lipinski definition) is 1. The molecule has 1 aliphatic heterocycles. The summed E-state index contributed by atoms with van der Waals surface area (Å²) in [6.07, 6.45) is 2.86. The first kappa shape index (κ1) is 18.1. The summed E-state index contributed by atoms with van der Waals surface area (Å²) in [5.74, 6) is 2.47. The van der Waals surface area contributed by atoms with Crippen LogP contribution in [0.5, 0.6) is 5.75 Å². The summed E-state index contributed by atoms with van der Waals surface area (Å²) in [6, 6.07) is 8.29. The third-order valence-electron chi connectivity index (χ3n) is 5.41. The number of likely N-dealkylation sites (tertiary alicyclic amines) is 1. The smallest absolute Gasteiger partial charge is 0.223 e. The quantitative estimate of drug-likeness (QED) is 0.918. The summed E-state index contributed by atoms with van der Waals surface area (Å²) in [5, 5.41) is 0. The SMILES string of the molecule is COc1cccc(C(C)CC(=O)N2CC3CCC(N)C3C2)c1.Cl. The molecule has 1 amide bonds. The van der Waals surface area contributed by atoms with E-state index in [4.69, 9.17) is 10.5 Å². The molecule has 1 saturated carbocycles. The first-order chi connectivity index (χ1) is 10.6. The van der Waals surface area contributed by atoms with E-state index in [1.807, 2.05) is 23.1 Å². The van der Waals surface area contributed by atoms with Gasteiger partial charge in [0.15, 0.2) is 0 Å². The minimum absolute atomic E-state index is 0. The van der Waals surface area contributed by atoms with Crippen molar-refractivity contribution in [2.45, 2.75) is 38.1 Å². The second-order valence-electron chi connectivity index (χ2n) is 6.85. The molecular weight excluding hydrogens is 312 g/mol. The fourth-order valence-electron chi connectivity index (χ4n) is 3.97. The Hall–Kier alpha value is -1.26. The van der Waals surface area contributed by atoms with Gasteiger partial charge in [-0.05, 0) is 48.3 Å². The Morgan fingerprint density at radius 3 is 2.87 bits per heavy atom. The molecule has 0 bridgehead atoms. The van der Waals surface area contributed by atoms with E-state index in [9.17, 15) is 4.79 Å². The standard InChI is InChI=1S/C18H26N2O2.ClH/c1-12(13-4-3-5-15(9-13)22-2)8-18(21)20-10-14-6-7-17(19)16(14)11-20;/h3-5,9,12,14,16-17H,6-8,10-11,19H2,1-2H3;1H. The van der Waals surface area contributed by atoms with E-state index in [0.717, 1.165) is 30.8 Å². The van der Waals surface area contributed by atoms with E-state index in [1.54, 1.807) is 7.11 Å². The van der Waals surface area contributed by atoms with Gasteiger partial charge in [-0.3, -0.25) is 4.79 Å². The molecule has 4 atom stereocenters. The molecule has 0 radical (unpaired) electrons. The molecule has 1 aromatic rings. The molecular formula is C18H27ClN2O2. The van der Waals surface area contributed by atoms with Crippen LogP contribution in [-0.4, -0.2) is 37.0 Å². The first-order valence-electron chi connectivity index (χ1n) is 8.25. The Balaban J connectivity index is 0.00000192. The zero-order valence-electron chi connectivity index (χ0n) is 13.9. The number of amides is 1. The average Bonchev–Trinajstić information content (AvgIpc) is 3.10. The Kier molecular flexibility index (Phi) is 5.93. The highest BCUT2D eigenvalue weighted by Gasteiger charge is 2.42. The van der Waals surface area contributed by atoms with Crippen molar-refractivity contribution in [3.63, 3.8) is 0 Å². The van der Waals surface area contributed by atoms with Crippen LogP contribution in [0.1, 0.15) is 37.7 Å². The second-order valence-corrected chi connectivity index (χ2v) is 6.85. The molecule has 3 rings (SSSR count). The fraction of sp³-hybridized carbons (Fsp3) is 0.611. The van der Waals surface area contributed by atoms with E-state index >= 15 is 0 Å². The monoisotopic (exact) mass is 338 g/mol. The van der Waals surface area contributed by atoms with E-state index in [2.05, 4.69) is 13.0 Å². The van der Waals surface area contributed by atoms with Crippen molar-refractivity contribution in [3.8, 4) is 5.75 Å². The number of hydrogen-bond acceptors (Lipinski definition) is 3. The third-order valence-corrected chi connectivity index (χ3v) is 5.41. The zero-order valence-corrected chi connectivity index (χ0v) is 14.7. The lowest BCUT2D eigenvalue weighted by molar-refractivity contribution is -0.130. The predicted octanol–water partition coefficient (Wildman–Crippen LogP) is 2.81. The summed E-state index contributed by atoms with van der Waals surface area (Å²) >= 11 is 0. The molecule has 128 valence electrons. The Morgan fingerprint density at radius 1 is 1.39 bits per heavy atom. The summed E-state index contributed by atoms with van der Waals surface area (Å²) in [6.45, 7) is 3.87. The minimum Gasteiger partial charge on any atom is -0.497 e. The van der Waals surface area contributed by atoms with Gasteiger partial charge >= 0.3 is 0 Å². The van der Waals surface area contributed by atoms with E-state index in [0.29, 0.717) is 24.3 Å². The summed E-state index contributed by atoms with van der Waals surface area (Å²) < 4.78 is 5.26. The predicted molar refractivity (Wildman–Crippen MR) is 94.0 cm³/mol. The number of nitrogens with zero attached hydrogens (tertiary/aromatic N) is 1. The Morgan fingerprint density at radius 2 is 2.17 bits per heavy atom. The maximum absolute atomic E-state index is 12.6. The van der Waals surface area contributed by atoms with Gasteiger partial charge in [-0.2, -0.15) is 0 Å². The molecule has 1 aliphatic carbocycles. The van der Waals surface area contributed by atoms with Gasteiger partial charge in [-0.1, -0.05) is 19.1 Å². The van der Waals surface area contributed by atoms with Crippen LogP contribution in [0.15, 0.2) is 24.3 Å². The van der Waals surface area contributed by atoms with Crippen molar-refractivity contribution in [1.29, 1.82) is 0 Å². The van der Waals surface area contributed by atoms with Gasteiger partial charge in [0, 0.05) is 25.6 Å². The molecule has 1 saturated heterocycles. The molecule has 0 spiro atoms. The van der Waals surface area contributed by atoms with E-state index in [-0.39, 0.29) is 24.2 Å². The molecule has 4 unspecified atom stereocenters. The normalized spacial score (nSPS) is 27.3. The fourth-order valence-corrected chi connectivity index (χ4v) is 3.97. The minimum atomic E-state index is 0. The van der Waals surface area contributed by atoms with Crippen LogP contribution < -0.4 is 10.5 Å². The maximum Gasteiger partial charge on any atom is 0.223 e. The van der Waals surface area contributed by atoms with Gasteiger partial charge in [0.2, 0.25) is 5.91 Å². The van der Waals surface area contributed by atoms with Crippen LogP contribution in [0.2, 0.25) is 0 Å². The van der Waals surface area contributed by atoms with E-state index < -0.39 is 0 Å². The van der Waals surface area contributed by atoms with Gasteiger partial charge in [0.05, 0.1) is 7.11 Å². The Bertz CT molecular complexity index is 552. The van der Waals surface area contributed by atoms with Crippen molar-refractivity contribution in [2.75, 3.05) is 20.2 Å². The maximum atomic E-state index is 12.6. The summed E-state index contributed by atoms with van der Waals surface area (Å²) in [4.78, 5) is 14.6. The number of carbonyl (C=O) groups excluding carboxylic acids is 1. The highest BCUT2D eigenvalue weighted by Crippen LogP contribution is 2.37. The second kappa shape index (κ2) is 7.54. The Labute approximate surface area is 144 Å². The van der Waals surface area contributed by atoms with Crippen molar-refractivity contribution >= 4 is 18.3 Å². The van der Waals surface area contributed by atoms with Gasteiger partial charge in [0.25, 0.3) is 0 Å². The van der Waals surface area contributed by atoms with Crippen LogP contribution in [-0.2, 0) is 4.79 Å². The van der Waals surface area contributed by atoms with Gasteiger partial charge in [0.1, 0.15) is 5.75 Å². The number of benzene rings is 1.